The Kier molecular flexibility index (Phi) is 10.1. The summed E-state index contributed by atoms with van der Waals surface area (Å²) in [4.78, 5) is 48.1. The molecule has 0 bridgehead atoms. The number of halogens is 1. The monoisotopic (exact) mass is 770 g/mol. The number of amides is 2. The van der Waals surface area contributed by atoms with Crippen molar-refractivity contribution in [3.05, 3.63) is 129 Å². The van der Waals surface area contributed by atoms with Crippen LogP contribution >= 0.6 is 0 Å². The molecule has 0 N–H and O–H groups in total. The van der Waals surface area contributed by atoms with Gasteiger partial charge in [0.2, 0.25) is 0 Å². The predicted octanol–water partition coefficient (Wildman–Crippen LogP) is 8.10. The lowest BCUT2D eigenvalue weighted by molar-refractivity contribution is 0.0781. The second-order valence-electron chi connectivity index (χ2n) is 16.4. The number of carbonyl (C=O) groups excluding carboxylic acids is 2. The van der Waals surface area contributed by atoms with E-state index in [0.29, 0.717) is 71.9 Å². The highest BCUT2D eigenvalue weighted by Crippen LogP contribution is 2.44. The van der Waals surface area contributed by atoms with Crippen LogP contribution in [0.2, 0.25) is 0 Å². The van der Waals surface area contributed by atoms with Crippen molar-refractivity contribution >= 4 is 34.4 Å². The molecule has 8 rings (SSSR count). The van der Waals surface area contributed by atoms with E-state index in [1.807, 2.05) is 51.2 Å². The first-order chi connectivity index (χ1) is 26.9. The number of carbonyl (C=O) groups is 2. The van der Waals surface area contributed by atoms with Gasteiger partial charge in [0.15, 0.2) is 11.6 Å². The quantitative estimate of drug-likeness (QED) is 0.203. The van der Waals surface area contributed by atoms with Gasteiger partial charge in [-0.15, -0.1) is 0 Å². The molecule has 0 saturated heterocycles. The number of hydrogen-bond donors (Lipinski definition) is 0. The zero-order valence-electron chi connectivity index (χ0n) is 34.1. The van der Waals surface area contributed by atoms with Gasteiger partial charge in [-0.05, 0) is 88.6 Å². The summed E-state index contributed by atoms with van der Waals surface area (Å²) in [6.45, 7) is 21.9. The van der Waals surface area contributed by atoms with Crippen LogP contribution in [0.3, 0.4) is 0 Å². The van der Waals surface area contributed by atoms with Crippen LogP contribution in [0.15, 0.2) is 96.2 Å². The second kappa shape index (κ2) is 14.8. The summed E-state index contributed by atoms with van der Waals surface area (Å²) < 4.78 is 24.6. The Morgan fingerprint density at radius 3 is 1.51 bits per heavy atom. The molecule has 2 aromatic carbocycles. The molecule has 0 fully saturated rings. The molecule has 0 aliphatic carbocycles. The number of rotatable bonds is 4. The van der Waals surface area contributed by atoms with E-state index in [0.717, 1.165) is 39.3 Å². The van der Waals surface area contributed by atoms with E-state index in [4.69, 9.17) is 9.05 Å². The summed E-state index contributed by atoms with van der Waals surface area (Å²) in [7, 11) is 0. The number of benzene rings is 2. The van der Waals surface area contributed by atoms with Crippen LogP contribution in [-0.2, 0) is 0 Å². The first-order valence-electron chi connectivity index (χ1n) is 18.9. The summed E-state index contributed by atoms with van der Waals surface area (Å²) in [6, 6.07) is 12.1. The van der Waals surface area contributed by atoms with Crippen molar-refractivity contribution in [1.82, 2.24) is 30.1 Å². The molecule has 6 heterocycles. The third-order valence-electron chi connectivity index (χ3n) is 10.9. The highest BCUT2D eigenvalue weighted by atomic mass is 19.1. The zero-order valence-corrected chi connectivity index (χ0v) is 34.1. The Morgan fingerprint density at radius 2 is 1.09 bits per heavy atom. The van der Waals surface area contributed by atoms with Gasteiger partial charge in [0.05, 0.1) is 24.2 Å². The maximum Gasteiger partial charge on any atom is 0.260 e. The summed E-state index contributed by atoms with van der Waals surface area (Å²) in [5, 5.41) is 7.86. The maximum atomic E-state index is 13.7. The van der Waals surface area contributed by atoms with Gasteiger partial charge in [0, 0.05) is 70.0 Å². The Bertz CT molecular complexity index is 2490. The average molecular weight is 771 g/mol. The number of aromatic nitrogens is 4. The maximum absolute atomic E-state index is 13.7. The van der Waals surface area contributed by atoms with Gasteiger partial charge in [-0.25, -0.2) is 4.39 Å². The molecule has 0 unspecified atom stereocenters. The highest BCUT2D eigenvalue weighted by Gasteiger charge is 2.40. The molecule has 13 heteroatoms. The van der Waals surface area contributed by atoms with Gasteiger partial charge >= 0.3 is 0 Å². The second-order valence-corrected chi connectivity index (χ2v) is 16.4. The van der Waals surface area contributed by atoms with Crippen LogP contribution in [0, 0.1) is 44.3 Å². The molecule has 12 nitrogen and oxygen atoms in total. The molecule has 0 radical (unpaired) electrons. The van der Waals surface area contributed by atoms with Crippen molar-refractivity contribution in [3.8, 4) is 0 Å². The first kappa shape index (κ1) is 39.1. The van der Waals surface area contributed by atoms with E-state index < -0.39 is 0 Å². The number of hydrogen-bond acceptors (Lipinski definition) is 10. The van der Waals surface area contributed by atoms with E-state index in [2.05, 4.69) is 58.0 Å². The number of allylic oxidation sites excluding steroid dienone is 4. The molecule has 4 aliphatic heterocycles. The van der Waals surface area contributed by atoms with Crippen molar-refractivity contribution in [2.24, 2.45) is 20.8 Å². The Balaban J connectivity index is 0.000000174. The normalized spacial score (nSPS) is 18.4. The molecule has 2 aromatic heterocycles. The molecular formula is C44H47FN8O4. The number of aliphatic imine (C=N–C) groups is 2. The van der Waals surface area contributed by atoms with Gasteiger partial charge in [-0.2, -0.15) is 9.97 Å². The Hall–Kier alpha value is -6.11. The van der Waals surface area contributed by atoms with E-state index in [9.17, 15) is 14.0 Å². The lowest BCUT2D eigenvalue weighted by atomic mass is 9.80. The van der Waals surface area contributed by atoms with Crippen LogP contribution in [-0.4, -0.2) is 79.5 Å². The van der Waals surface area contributed by atoms with E-state index in [1.54, 1.807) is 42.8 Å². The lowest BCUT2D eigenvalue weighted by Gasteiger charge is -2.30. The average Bonchev–Trinajstić information content (AvgIpc) is 3.95. The van der Waals surface area contributed by atoms with Gasteiger partial charge in [-0.1, -0.05) is 55.7 Å². The van der Waals surface area contributed by atoms with Gasteiger partial charge < -0.3 is 18.8 Å². The predicted molar refractivity (Wildman–Crippen MR) is 216 cm³/mol. The van der Waals surface area contributed by atoms with Gasteiger partial charge in [0.1, 0.15) is 5.82 Å². The molecule has 2 amide bonds. The van der Waals surface area contributed by atoms with E-state index in [1.165, 1.54) is 17.7 Å². The van der Waals surface area contributed by atoms with Crippen molar-refractivity contribution in [2.45, 2.75) is 69.2 Å². The van der Waals surface area contributed by atoms with Crippen LogP contribution in [0.25, 0.3) is 11.1 Å². The molecule has 4 aliphatic rings. The third-order valence-corrected chi connectivity index (χ3v) is 10.9. The fraction of sp³-hybridized carbons (Fsp3) is 0.364. The molecule has 4 aromatic rings. The Morgan fingerprint density at radius 1 is 0.649 bits per heavy atom. The van der Waals surface area contributed by atoms with E-state index >= 15 is 0 Å². The zero-order chi connectivity index (χ0) is 41.0. The fourth-order valence-electron chi connectivity index (χ4n) is 7.75. The molecule has 57 heavy (non-hydrogen) atoms. The highest BCUT2D eigenvalue weighted by molar-refractivity contribution is 6.15. The molecule has 0 saturated carbocycles. The smallest absolute Gasteiger partial charge is 0.260 e. The Labute approximate surface area is 331 Å². The minimum Gasteiger partial charge on any atom is -0.334 e. The summed E-state index contributed by atoms with van der Waals surface area (Å²) in [6.07, 6.45) is 3.62. The topological polar surface area (TPSA) is 143 Å². The molecule has 0 spiro atoms. The molecular weight excluding hydrogens is 724 g/mol. The van der Waals surface area contributed by atoms with Crippen molar-refractivity contribution in [1.29, 1.82) is 0 Å². The summed E-state index contributed by atoms with van der Waals surface area (Å²) >= 11 is 0. The minimum absolute atomic E-state index is 0.0439. The van der Waals surface area contributed by atoms with Crippen molar-refractivity contribution in [2.75, 3.05) is 26.2 Å². The van der Waals surface area contributed by atoms with Gasteiger partial charge in [-0.3, -0.25) is 19.6 Å². The van der Waals surface area contributed by atoms with Crippen LogP contribution in [0.5, 0.6) is 0 Å². The lowest BCUT2D eigenvalue weighted by Crippen LogP contribution is -2.36. The molecule has 294 valence electrons. The number of nitrogens with zero attached hydrogens (tertiary/aromatic N) is 8. The fourth-order valence-corrected chi connectivity index (χ4v) is 7.75. The largest absolute Gasteiger partial charge is 0.334 e. The summed E-state index contributed by atoms with van der Waals surface area (Å²) in [5.41, 5.74) is 9.72. The van der Waals surface area contributed by atoms with Crippen LogP contribution in [0.1, 0.15) is 96.8 Å². The standard InChI is InChI=1S/C22H23FN4O2.C22H24N4O2/c1-12-8-15(6-7-18(12)23)21(28)27-10-16(20-25-14(3)26-29-20)19-13(2)24-9-17(19)22(4,5)11-27;1-13-6-8-16(9-7-13)21(27)26-11-17(20-24-15(3)25-28-20)19-14(2)23-10-18(19)22(4,5)12-26/h6-8,10H,9,11H2,1-5H3;6-9,11H,10,12H2,1-5H3. The van der Waals surface area contributed by atoms with Crippen LogP contribution in [0.4, 0.5) is 4.39 Å². The van der Waals surface area contributed by atoms with Crippen LogP contribution < -0.4 is 0 Å². The SMILES string of the molecule is CC1=NCC2=C1C(c1nc(C)no1)=CN(C(=O)c1ccc(C)cc1)CC2(C)C.CC1=NCC2=C1C(c1nc(C)no1)=CN(C(=O)c1ccc(F)c(C)c1)CC2(C)C. The van der Waals surface area contributed by atoms with Crippen molar-refractivity contribution in [3.63, 3.8) is 0 Å². The van der Waals surface area contributed by atoms with E-state index in [-0.39, 0.29) is 28.5 Å². The first-order valence-corrected chi connectivity index (χ1v) is 18.9. The summed E-state index contributed by atoms with van der Waals surface area (Å²) in [5.74, 6) is 1.28. The third kappa shape index (κ3) is 7.58. The number of aryl methyl sites for hydroxylation is 4. The van der Waals surface area contributed by atoms with Gasteiger partial charge in [0.25, 0.3) is 23.6 Å². The minimum atomic E-state index is -0.331. The molecule has 0 atom stereocenters. The van der Waals surface area contributed by atoms with Crippen molar-refractivity contribution < 1.29 is 23.0 Å².